The molecule has 7 rings (SSSR count). The quantitative estimate of drug-likeness (QED) is 0.321. The summed E-state index contributed by atoms with van der Waals surface area (Å²) >= 11 is 0. The molecule has 4 aliphatic rings. The Morgan fingerprint density at radius 3 is 1.42 bits per heavy atom. The first-order valence-corrected chi connectivity index (χ1v) is 17.1. The summed E-state index contributed by atoms with van der Waals surface area (Å²) in [5.41, 5.74) is 1.70. The average Bonchev–Trinajstić information content (AvgIpc) is 3.74. The van der Waals surface area contributed by atoms with E-state index in [1.54, 1.807) is 36.4 Å². The van der Waals surface area contributed by atoms with Crippen molar-refractivity contribution in [3.8, 4) is 0 Å². The van der Waals surface area contributed by atoms with Crippen LogP contribution in [0.1, 0.15) is 20.7 Å². The number of carbonyl (C=O) groups excluding carboxylic acids is 4. The maximum absolute atomic E-state index is 15.0. The lowest BCUT2D eigenvalue weighted by Crippen LogP contribution is -2.38. The molecule has 4 saturated heterocycles. The van der Waals surface area contributed by atoms with Crippen molar-refractivity contribution in [1.82, 2.24) is 10.6 Å². The number of halogens is 2. The average molecular weight is 721 g/mol. The number of benzene rings is 3. The molecule has 3 aromatic rings. The summed E-state index contributed by atoms with van der Waals surface area (Å²) < 4.78 is 51.5. The van der Waals surface area contributed by atoms with Gasteiger partial charge in [-0.25, -0.2) is 18.4 Å². The highest BCUT2D eigenvalue weighted by Crippen LogP contribution is 2.30. The Morgan fingerprint density at radius 1 is 0.635 bits per heavy atom. The van der Waals surface area contributed by atoms with Crippen molar-refractivity contribution in [2.45, 2.75) is 12.2 Å². The van der Waals surface area contributed by atoms with Gasteiger partial charge in [0.15, 0.2) is 0 Å². The van der Waals surface area contributed by atoms with Gasteiger partial charge in [0.25, 0.3) is 11.8 Å². The SMILES string of the molecule is O=C(NC[C@H]1CN(c2ccc(N3CCOCC3)c(F)c2)C(=O)O1)c1ccccc1C(=O)NC[C@H]1CN(c2ccc(N3CCOCC3)c(F)c2)C(=O)O1. The zero-order valence-electron chi connectivity index (χ0n) is 28.2. The molecule has 0 spiro atoms. The number of hydrogen-bond donors (Lipinski definition) is 2. The van der Waals surface area contributed by atoms with Gasteiger partial charge in [0.2, 0.25) is 0 Å². The van der Waals surface area contributed by atoms with E-state index in [0.29, 0.717) is 75.4 Å². The summed E-state index contributed by atoms with van der Waals surface area (Å²) in [6.07, 6.45) is -2.77. The number of amides is 4. The van der Waals surface area contributed by atoms with Gasteiger partial charge >= 0.3 is 12.2 Å². The highest BCUT2D eigenvalue weighted by molar-refractivity contribution is 6.07. The Bertz CT molecular complexity index is 1710. The van der Waals surface area contributed by atoms with Crippen LogP contribution in [0.4, 0.5) is 41.1 Å². The van der Waals surface area contributed by atoms with Crippen LogP contribution in [0, 0.1) is 11.6 Å². The van der Waals surface area contributed by atoms with Crippen LogP contribution in [0.2, 0.25) is 0 Å². The number of cyclic esters (lactones) is 2. The van der Waals surface area contributed by atoms with Crippen LogP contribution in [0.5, 0.6) is 0 Å². The maximum Gasteiger partial charge on any atom is 0.414 e. The number of rotatable bonds is 10. The normalized spacial score (nSPS) is 20.5. The second kappa shape index (κ2) is 15.4. The largest absolute Gasteiger partial charge is 0.442 e. The van der Waals surface area contributed by atoms with Gasteiger partial charge in [0.1, 0.15) is 23.8 Å². The van der Waals surface area contributed by atoms with Crippen molar-refractivity contribution in [2.75, 3.05) is 98.4 Å². The van der Waals surface area contributed by atoms with Crippen molar-refractivity contribution in [2.24, 2.45) is 0 Å². The highest BCUT2D eigenvalue weighted by atomic mass is 19.1. The van der Waals surface area contributed by atoms with Crippen LogP contribution >= 0.6 is 0 Å². The second-order valence-electron chi connectivity index (χ2n) is 12.7. The number of morpholine rings is 2. The number of anilines is 4. The van der Waals surface area contributed by atoms with E-state index in [-0.39, 0.29) is 37.3 Å². The Labute approximate surface area is 298 Å². The first kappa shape index (κ1) is 34.9. The Kier molecular flexibility index (Phi) is 10.4. The van der Waals surface area contributed by atoms with E-state index in [0.717, 1.165) is 0 Å². The summed E-state index contributed by atoms with van der Waals surface area (Å²) in [4.78, 5) is 58.2. The van der Waals surface area contributed by atoms with Gasteiger partial charge in [-0.05, 0) is 48.5 Å². The van der Waals surface area contributed by atoms with E-state index in [1.165, 1.54) is 34.1 Å². The second-order valence-corrected chi connectivity index (χ2v) is 12.7. The lowest BCUT2D eigenvalue weighted by molar-refractivity contribution is 0.0886. The van der Waals surface area contributed by atoms with Gasteiger partial charge in [-0.3, -0.25) is 19.4 Å². The third-order valence-corrected chi connectivity index (χ3v) is 9.33. The molecule has 0 saturated carbocycles. The fourth-order valence-electron chi connectivity index (χ4n) is 6.61. The number of nitrogens with one attached hydrogen (secondary N) is 2. The topological polar surface area (TPSA) is 142 Å². The lowest BCUT2D eigenvalue weighted by atomic mass is 10.1. The minimum absolute atomic E-state index is 0.0484. The molecular weight excluding hydrogens is 682 g/mol. The van der Waals surface area contributed by atoms with Crippen molar-refractivity contribution in [1.29, 1.82) is 0 Å². The molecule has 16 heteroatoms. The number of carbonyl (C=O) groups is 4. The van der Waals surface area contributed by atoms with Crippen molar-refractivity contribution in [3.63, 3.8) is 0 Å². The van der Waals surface area contributed by atoms with Gasteiger partial charge in [0.05, 0.1) is 86.5 Å². The molecule has 0 aromatic heterocycles. The minimum atomic E-state index is -0.719. The van der Waals surface area contributed by atoms with Gasteiger partial charge < -0.3 is 39.4 Å². The fraction of sp³-hybridized carbons (Fsp3) is 0.389. The minimum Gasteiger partial charge on any atom is -0.442 e. The van der Waals surface area contributed by atoms with Crippen LogP contribution in [-0.2, 0) is 18.9 Å². The van der Waals surface area contributed by atoms with Crippen molar-refractivity contribution < 1.29 is 46.9 Å². The maximum atomic E-state index is 15.0. The summed E-state index contributed by atoms with van der Waals surface area (Å²) in [6.45, 7) is 4.38. The van der Waals surface area contributed by atoms with E-state index in [1.807, 2.05) is 9.80 Å². The standard InChI is InChI=1S/C36H38F2N6O8/c37-29-17-23(5-7-31(29)41-9-13-49-14-10-41)43-21-25(51-35(43)47)19-39-33(45)27-3-1-2-4-28(27)34(46)40-20-26-22-44(36(48)52-26)24-6-8-32(30(38)18-24)42-11-15-50-16-12-42/h1-8,17-18,25-26H,9-16,19-22H2,(H,39,45)(H,40,46)/t25-,26-/m0/s1. The molecule has 0 unspecified atom stereocenters. The lowest BCUT2D eigenvalue weighted by Gasteiger charge is -2.29. The van der Waals surface area contributed by atoms with E-state index >= 15 is 0 Å². The summed E-state index contributed by atoms with van der Waals surface area (Å²) in [5, 5.41) is 5.43. The van der Waals surface area contributed by atoms with E-state index in [4.69, 9.17) is 18.9 Å². The molecule has 14 nitrogen and oxygen atoms in total. The highest BCUT2D eigenvalue weighted by Gasteiger charge is 2.35. The van der Waals surface area contributed by atoms with Crippen LogP contribution in [-0.4, -0.2) is 115 Å². The molecule has 4 amide bonds. The van der Waals surface area contributed by atoms with E-state index < -0.39 is 47.8 Å². The number of ether oxygens (including phenoxy) is 4. The molecule has 3 aromatic carbocycles. The van der Waals surface area contributed by atoms with Crippen LogP contribution in [0.3, 0.4) is 0 Å². The summed E-state index contributed by atoms with van der Waals surface area (Å²) in [5.74, 6) is -2.07. The molecule has 0 aliphatic carbocycles. The molecule has 52 heavy (non-hydrogen) atoms. The van der Waals surface area contributed by atoms with Gasteiger partial charge in [-0.1, -0.05) is 12.1 Å². The smallest absolute Gasteiger partial charge is 0.414 e. The monoisotopic (exact) mass is 720 g/mol. The van der Waals surface area contributed by atoms with Crippen molar-refractivity contribution >= 4 is 46.8 Å². The molecule has 274 valence electrons. The molecule has 2 atom stereocenters. The predicted octanol–water partition coefficient (Wildman–Crippen LogP) is 3.15. The molecular formula is C36H38F2N6O8. The number of hydrogen-bond acceptors (Lipinski definition) is 10. The zero-order valence-corrected chi connectivity index (χ0v) is 28.2. The van der Waals surface area contributed by atoms with Crippen molar-refractivity contribution in [3.05, 3.63) is 83.4 Å². The summed E-state index contributed by atoms with van der Waals surface area (Å²) in [6, 6.07) is 15.3. The van der Waals surface area contributed by atoms with Crippen LogP contribution in [0.15, 0.2) is 60.7 Å². The Hall–Kier alpha value is -5.48. The Morgan fingerprint density at radius 2 is 1.04 bits per heavy atom. The van der Waals surface area contributed by atoms with E-state index in [2.05, 4.69) is 10.6 Å². The zero-order chi connectivity index (χ0) is 36.2. The van der Waals surface area contributed by atoms with Gasteiger partial charge in [-0.2, -0.15) is 0 Å². The molecule has 0 radical (unpaired) electrons. The third kappa shape index (κ3) is 7.57. The molecule has 2 N–H and O–H groups in total. The predicted molar refractivity (Wildman–Crippen MR) is 185 cm³/mol. The van der Waals surface area contributed by atoms with Crippen LogP contribution < -0.4 is 30.2 Å². The fourth-order valence-corrected chi connectivity index (χ4v) is 6.61. The summed E-state index contributed by atoms with van der Waals surface area (Å²) in [7, 11) is 0. The van der Waals surface area contributed by atoms with Gasteiger partial charge in [-0.15, -0.1) is 0 Å². The van der Waals surface area contributed by atoms with E-state index in [9.17, 15) is 28.0 Å². The van der Waals surface area contributed by atoms with Crippen LogP contribution in [0.25, 0.3) is 0 Å². The first-order valence-electron chi connectivity index (χ1n) is 17.1. The molecule has 4 aliphatic heterocycles. The third-order valence-electron chi connectivity index (χ3n) is 9.33. The number of nitrogens with zero attached hydrogens (tertiary/aromatic N) is 4. The first-order chi connectivity index (χ1) is 25.2. The molecule has 4 fully saturated rings. The molecule has 4 heterocycles. The Balaban J connectivity index is 0.912. The molecule has 0 bridgehead atoms. The van der Waals surface area contributed by atoms with Gasteiger partial charge in [0, 0.05) is 26.2 Å².